The van der Waals surface area contributed by atoms with Crippen LogP contribution in [0.1, 0.15) is 28.5 Å². The van der Waals surface area contributed by atoms with Gasteiger partial charge in [0.05, 0.1) is 18.3 Å². The Morgan fingerprint density at radius 3 is 2.42 bits per heavy atom. The molecule has 2 rings (SSSR count). The van der Waals surface area contributed by atoms with E-state index in [1.807, 2.05) is 0 Å². The molecule has 0 spiro atoms. The van der Waals surface area contributed by atoms with Crippen LogP contribution in [-0.4, -0.2) is 15.6 Å². The number of hydrogen-bond acceptors (Lipinski definition) is 2. The van der Waals surface area contributed by atoms with Gasteiger partial charge in [0.25, 0.3) is 0 Å². The first-order valence-electron chi connectivity index (χ1n) is 5.57. The van der Waals surface area contributed by atoms with E-state index in [-0.39, 0.29) is 6.54 Å². The van der Waals surface area contributed by atoms with E-state index in [1.54, 1.807) is 30.3 Å². The standard InChI is InChI=1S/C13H11F3N2O/c1-9(19)11-7-17-18(12(11)13(14,15)16)8-10-5-3-2-4-6-10/h2-7H,8H2,1H3. The number of rotatable bonds is 3. The normalized spacial score (nSPS) is 11.6. The van der Waals surface area contributed by atoms with Crippen molar-refractivity contribution in [2.75, 3.05) is 0 Å². The molecule has 0 bridgehead atoms. The maximum absolute atomic E-state index is 13.0. The molecule has 0 aliphatic rings. The van der Waals surface area contributed by atoms with Gasteiger partial charge in [-0.25, -0.2) is 0 Å². The number of ketones is 1. The van der Waals surface area contributed by atoms with E-state index in [2.05, 4.69) is 5.10 Å². The summed E-state index contributed by atoms with van der Waals surface area (Å²) in [5.74, 6) is -0.647. The fourth-order valence-electron chi connectivity index (χ4n) is 1.82. The molecule has 100 valence electrons. The van der Waals surface area contributed by atoms with Crippen molar-refractivity contribution in [1.82, 2.24) is 9.78 Å². The number of halogens is 3. The quantitative estimate of drug-likeness (QED) is 0.801. The van der Waals surface area contributed by atoms with Crippen molar-refractivity contribution in [3.63, 3.8) is 0 Å². The predicted octanol–water partition coefficient (Wildman–Crippen LogP) is 3.15. The molecular weight excluding hydrogens is 257 g/mol. The Morgan fingerprint density at radius 2 is 1.89 bits per heavy atom. The summed E-state index contributed by atoms with van der Waals surface area (Å²) in [5, 5.41) is 3.67. The molecule has 2 aromatic rings. The zero-order valence-electron chi connectivity index (χ0n) is 10.1. The number of nitrogens with zero attached hydrogens (tertiary/aromatic N) is 2. The minimum absolute atomic E-state index is 0.0248. The Morgan fingerprint density at radius 1 is 1.26 bits per heavy atom. The SMILES string of the molecule is CC(=O)c1cnn(Cc2ccccc2)c1C(F)(F)F. The zero-order valence-corrected chi connectivity index (χ0v) is 10.1. The average Bonchev–Trinajstić information content (AvgIpc) is 2.74. The van der Waals surface area contributed by atoms with Crippen LogP contribution >= 0.6 is 0 Å². The topological polar surface area (TPSA) is 34.9 Å². The van der Waals surface area contributed by atoms with E-state index in [4.69, 9.17) is 0 Å². The molecule has 0 N–H and O–H groups in total. The Labute approximate surface area is 107 Å². The zero-order chi connectivity index (χ0) is 14.0. The van der Waals surface area contributed by atoms with Gasteiger partial charge in [0.15, 0.2) is 11.5 Å². The molecule has 0 fully saturated rings. The minimum atomic E-state index is -4.60. The number of benzene rings is 1. The molecule has 0 unspecified atom stereocenters. The van der Waals surface area contributed by atoms with Crippen molar-refractivity contribution in [2.24, 2.45) is 0 Å². The first kappa shape index (κ1) is 13.3. The average molecular weight is 268 g/mol. The second-order valence-electron chi connectivity index (χ2n) is 4.10. The van der Waals surface area contributed by atoms with Gasteiger partial charge in [-0.3, -0.25) is 9.48 Å². The molecule has 1 heterocycles. The molecule has 0 radical (unpaired) electrons. The lowest BCUT2D eigenvalue weighted by Gasteiger charge is -2.11. The van der Waals surface area contributed by atoms with Crippen LogP contribution in [-0.2, 0) is 12.7 Å². The third-order valence-corrected chi connectivity index (χ3v) is 2.66. The molecule has 3 nitrogen and oxygen atoms in total. The maximum Gasteiger partial charge on any atom is 0.433 e. The van der Waals surface area contributed by atoms with Gasteiger partial charge in [0, 0.05) is 0 Å². The van der Waals surface area contributed by atoms with Crippen molar-refractivity contribution in [2.45, 2.75) is 19.6 Å². The van der Waals surface area contributed by atoms with Gasteiger partial charge in [0.2, 0.25) is 0 Å². The lowest BCUT2D eigenvalue weighted by molar-refractivity contribution is -0.144. The smallest absolute Gasteiger partial charge is 0.294 e. The van der Waals surface area contributed by atoms with Crippen molar-refractivity contribution >= 4 is 5.78 Å². The van der Waals surface area contributed by atoms with E-state index >= 15 is 0 Å². The van der Waals surface area contributed by atoms with Crippen LogP contribution in [0, 0.1) is 0 Å². The van der Waals surface area contributed by atoms with Gasteiger partial charge < -0.3 is 0 Å². The van der Waals surface area contributed by atoms with E-state index < -0.39 is 23.2 Å². The molecule has 0 amide bonds. The molecule has 6 heteroatoms. The van der Waals surface area contributed by atoms with E-state index in [0.29, 0.717) is 5.56 Å². The summed E-state index contributed by atoms with van der Waals surface area (Å²) >= 11 is 0. The Balaban J connectivity index is 2.44. The third kappa shape index (κ3) is 2.83. The second kappa shape index (κ2) is 4.87. The number of hydrogen-bond donors (Lipinski definition) is 0. The Bertz CT molecular complexity index is 588. The molecule has 0 atom stereocenters. The van der Waals surface area contributed by atoms with Crippen LogP contribution in [0.4, 0.5) is 13.2 Å². The molecule has 0 saturated heterocycles. The summed E-state index contributed by atoms with van der Waals surface area (Å²) in [4.78, 5) is 11.2. The Kier molecular flexibility index (Phi) is 3.42. The highest BCUT2D eigenvalue weighted by Crippen LogP contribution is 2.32. The largest absolute Gasteiger partial charge is 0.433 e. The second-order valence-corrected chi connectivity index (χ2v) is 4.10. The molecule has 0 saturated carbocycles. The van der Waals surface area contributed by atoms with Gasteiger partial charge in [-0.15, -0.1) is 0 Å². The van der Waals surface area contributed by atoms with Gasteiger partial charge >= 0.3 is 6.18 Å². The van der Waals surface area contributed by atoms with Crippen molar-refractivity contribution in [1.29, 1.82) is 0 Å². The van der Waals surface area contributed by atoms with Gasteiger partial charge in [0.1, 0.15) is 0 Å². The van der Waals surface area contributed by atoms with Crippen LogP contribution in [0.2, 0.25) is 0 Å². The number of alkyl halides is 3. The summed E-state index contributed by atoms with van der Waals surface area (Å²) in [6.45, 7) is 1.07. The van der Waals surface area contributed by atoms with Crippen LogP contribution in [0.25, 0.3) is 0 Å². The highest BCUT2D eigenvalue weighted by Gasteiger charge is 2.39. The van der Waals surface area contributed by atoms with Crippen LogP contribution < -0.4 is 0 Å². The molecular formula is C13H11F3N2O. The maximum atomic E-state index is 13.0. The fraction of sp³-hybridized carbons (Fsp3) is 0.231. The summed E-state index contributed by atoms with van der Waals surface area (Å²) in [6.07, 6.45) is -3.64. The molecule has 1 aromatic heterocycles. The molecule has 19 heavy (non-hydrogen) atoms. The van der Waals surface area contributed by atoms with Crippen molar-refractivity contribution in [3.05, 3.63) is 53.3 Å². The van der Waals surface area contributed by atoms with E-state index in [0.717, 1.165) is 17.8 Å². The monoisotopic (exact) mass is 268 g/mol. The lowest BCUT2D eigenvalue weighted by Crippen LogP contribution is -2.18. The number of aromatic nitrogens is 2. The summed E-state index contributed by atoms with van der Waals surface area (Å²) in [7, 11) is 0. The molecule has 1 aromatic carbocycles. The Hall–Kier alpha value is -2.11. The van der Waals surface area contributed by atoms with Crippen molar-refractivity contribution in [3.8, 4) is 0 Å². The van der Waals surface area contributed by atoms with Crippen LogP contribution in [0.5, 0.6) is 0 Å². The summed E-state index contributed by atoms with van der Waals surface area (Å²) in [5.41, 5.74) is -0.710. The van der Waals surface area contributed by atoms with Gasteiger partial charge in [-0.2, -0.15) is 18.3 Å². The van der Waals surface area contributed by atoms with Crippen LogP contribution in [0.15, 0.2) is 36.5 Å². The highest BCUT2D eigenvalue weighted by atomic mass is 19.4. The molecule has 0 aliphatic carbocycles. The van der Waals surface area contributed by atoms with Gasteiger partial charge in [-0.05, 0) is 12.5 Å². The first-order chi connectivity index (χ1) is 8.89. The fourth-order valence-corrected chi connectivity index (χ4v) is 1.82. The highest BCUT2D eigenvalue weighted by molar-refractivity contribution is 5.95. The molecule has 0 aliphatic heterocycles. The van der Waals surface area contributed by atoms with Gasteiger partial charge in [-0.1, -0.05) is 30.3 Å². The van der Waals surface area contributed by atoms with E-state index in [9.17, 15) is 18.0 Å². The van der Waals surface area contributed by atoms with Crippen LogP contribution in [0.3, 0.4) is 0 Å². The predicted molar refractivity (Wildman–Crippen MR) is 62.8 cm³/mol. The first-order valence-corrected chi connectivity index (χ1v) is 5.57. The number of carbonyl (C=O) groups is 1. The van der Waals surface area contributed by atoms with E-state index in [1.165, 1.54) is 0 Å². The summed E-state index contributed by atoms with van der Waals surface area (Å²) < 4.78 is 39.8. The lowest BCUT2D eigenvalue weighted by atomic mass is 10.1. The minimum Gasteiger partial charge on any atom is -0.294 e. The van der Waals surface area contributed by atoms with Crippen molar-refractivity contribution < 1.29 is 18.0 Å². The third-order valence-electron chi connectivity index (χ3n) is 2.66. The number of carbonyl (C=O) groups excluding carboxylic acids is 1. The summed E-state index contributed by atoms with van der Waals surface area (Å²) in [6, 6.07) is 8.65. The number of Topliss-reactive ketones (excluding diaryl/α,β-unsaturated/α-hetero) is 1.